The van der Waals surface area contributed by atoms with Gasteiger partial charge in [-0.25, -0.2) is 0 Å². The number of aryl methyl sites for hydroxylation is 1. The zero-order valence-electron chi connectivity index (χ0n) is 10.1. The molecule has 2 N–H and O–H groups in total. The van der Waals surface area contributed by atoms with Crippen molar-refractivity contribution in [3.63, 3.8) is 0 Å². The summed E-state index contributed by atoms with van der Waals surface area (Å²) in [6.45, 7) is 4.68. The Morgan fingerprint density at radius 3 is 2.81 bits per heavy atom. The number of aliphatic hydroxyl groups excluding tert-OH is 1. The van der Waals surface area contributed by atoms with Crippen molar-refractivity contribution < 1.29 is 5.11 Å². The van der Waals surface area contributed by atoms with Gasteiger partial charge >= 0.3 is 0 Å². The number of nitrogens with one attached hydrogen (secondary N) is 1. The van der Waals surface area contributed by atoms with E-state index in [4.69, 9.17) is 0 Å². The number of hydrogen-bond donors (Lipinski definition) is 2. The van der Waals surface area contributed by atoms with Gasteiger partial charge in [0.15, 0.2) is 0 Å². The van der Waals surface area contributed by atoms with Crippen LogP contribution in [0.5, 0.6) is 0 Å². The molecule has 0 amide bonds. The van der Waals surface area contributed by atoms with E-state index in [0.29, 0.717) is 18.5 Å². The Hall–Kier alpha value is -0.860. The third kappa shape index (κ3) is 2.83. The summed E-state index contributed by atoms with van der Waals surface area (Å²) in [5.41, 5.74) is 2.81. The smallest absolute Gasteiger partial charge is 0.0636 e. The predicted octanol–water partition coefficient (Wildman–Crippen LogP) is 2.21. The summed E-state index contributed by atoms with van der Waals surface area (Å²) in [6.07, 6.45) is 2.17. The van der Waals surface area contributed by atoms with E-state index in [-0.39, 0.29) is 6.10 Å². The average molecular weight is 219 g/mol. The second-order valence-electron chi connectivity index (χ2n) is 5.04. The minimum atomic E-state index is -0.238. The molecule has 0 spiro atoms. The largest absolute Gasteiger partial charge is 0.392 e. The van der Waals surface area contributed by atoms with Crippen LogP contribution in [-0.4, -0.2) is 23.8 Å². The summed E-state index contributed by atoms with van der Waals surface area (Å²) < 4.78 is 0. The first-order valence-electron chi connectivity index (χ1n) is 6.13. The Balaban J connectivity index is 1.80. The van der Waals surface area contributed by atoms with Crippen LogP contribution in [0.3, 0.4) is 0 Å². The first kappa shape index (κ1) is 11.6. The van der Waals surface area contributed by atoms with Crippen molar-refractivity contribution in [2.24, 2.45) is 0 Å². The van der Waals surface area contributed by atoms with E-state index in [1.54, 1.807) is 0 Å². The highest BCUT2D eigenvalue weighted by molar-refractivity contribution is 5.27. The molecule has 1 aromatic rings. The minimum Gasteiger partial charge on any atom is -0.392 e. The van der Waals surface area contributed by atoms with E-state index in [0.717, 1.165) is 0 Å². The van der Waals surface area contributed by atoms with E-state index >= 15 is 0 Å². The normalized spacial score (nSPS) is 26.2. The molecule has 0 heterocycles. The standard InChI is InChI=1S/C14H21NO/c1-10-4-3-5-12(6-10)13-7-14(8-13)15-9-11(2)16/h3-6,11,13-16H,7-9H2,1-2H3/t11-,13?,14?/m0/s1. The van der Waals surface area contributed by atoms with Gasteiger partial charge in [0, 0.05) is 12.6 Å². The molecule has 0 bridgehead atoms. The summed E-state index contributed by atoms with van der Waals surface area (Å²) in [5, 5.41) is 12.6. The van der Waals surface area contributed by atoms with E-state index in [2.05, 4.69) is 36.5 Å². The highest BCUT2D eigenvalue weighted by Crippen LogP contribution is 2.36. The van der Waals surface area contributed by atoms with E-state index in [1.807, 2.05) is 6.92 Å². The molecule has 2 nitrogen and oxygen atoms in total. The SMILES string of the molecule is Cc1cccc(C2CC(NC[C@H](C)O)C2)c1. The fraction of sp³-hybridized carbons (Fsp3) is 0.571. The molecule has 88 valence electrons. The maximum Gasteiger partial charge on any atom is 0.0636 e. The lowest BCUT2D eigenvalue weighted by atomic mass is 9.75. The molecule has 1 fully saturated rings. The molecule has 0 unspecified atom stereocenters. The van der Waals surface area contributed by atoms with Crippen LogP contribution in [0.4, 0.5) is 0 Å². The Morgan fingerprint density at radius 1 is 1.44 bits per heavy atom. The highest BCUT2D eigenvalue weighted by atomic mass is 16.3. The summed E-state index contributed by atoms with van der Waals surface area (Å²) in [7, 11) is 0. The Labute approximate surface area is 97.7 Å². The van der Waals surface area contributed by atoms with Crippen molar-refractivity contribution in [1.82, 2.24) is 5.32 Å². The summed E-state index contributed by atoms with van der Waals surface area (Å²) in [5.74, 6) is 0.714. The van der Waals surface area contributed by atoms with Gasteiger partial charge in [-0.15, -0.1) is 0 Å². The lowest BCUT2D eigenvalue weighted by Crippen LogP contribution is -2.42. The Kier molecular flexibility index (Phi) is 3.62. The number of rotatable bonds is 4. The maximum absolute atomic E-state index is 9.18. The fourth-order valence-corrected chi connectivity index (χ4v) is 2.32. The third-order valence-corrected chi connectivity index (χ3v) is 3.35. The molecular weight excluding hydrogens is 198 g/mol. The zero-order chi connectivity index (χ0) is 11.5. The molecule has 2 rings (SSSR count). The van der Waals surface area contributed by atoms with E-state index in [9.17, 15) is 5.11 Å². The van der Waals surface area contributed by atoms with Crippen LogP contribution >= 0.6 is 0 Å². The molecule has 0 aliphatic heterocycles. The van der Waals surface area contributed by atoms with Crippen molar-refractivity contribution in [3.8, 4) is 0 Å². The van der Waals surface area contributed by atoms with Gasteiger partial charge in [-0.05, 0) is 38.2 Å². The number of aliphatic hydroxyl groups is 1. The van der Waals surface area contributed by atoms with Crippen LogP contribution in [0.2, 0.25) is 0 Å². The topological polar surface area (TPSA) is 32.3 Å². The molecule has 1 saturated carbocycles. The highest BCUT2D eigenvalue weighted by Gasteiger charge is 2.29. The fourth-order valence-electron chi connectivity index (χ4n) is 2.32. The molecule has 0 radical (unpaired) electrons. The predicted molar refractivity (Wildman–Crippen MR) is 66.6 cm³/mol. The Bertz CT molecular complexity index is 342. The van der Waals surface area contributed by atoms with Crippen molar-refractivity contribution in [2.75, 3.05) is 6.54 Å². The van der Waals surface area contributed by atoms with E-state index in [1.165, 1.54) is 24.0 Å². The monoisotopic (exact) mass is 219 g/mol. The quantitative estimate of drug-likeness (QED) is 0.813. The van der Waals surface area contributed by atoms with Crippen LogP contribution in [0, 0.1) is 6.92 Å². The Morgan fingerprint density at radius 2 is 2.19 bits per heavy atom. The first-order valence-corrected chi connectivity index (χ1v) is 6.13. The van der Waals surface area contributed by atoms with Gasteiger partial charge in [-0.2, -0.15) is 0 Å². The van der Waals surface area contributed by atoms with E-state index < -0.39 is 0 Å². The van der Waals surface area contributed by atoms with Gasteiger partial charge in [0.1, 0.15) is 0 Å². The van der Waals surface area contributed by atoms with Crippen LogP contribution in [0.1, 0.15) is 36.8 Å². The lowest BCUT2D eigenvalue weighted by Gasteiger charge is -2.36. The van der Waals surface area contributed by atoms with Crippen molar-refractivity contribution in [1.29, 1.82) is 0 Å². The maximum atomic E-state index is 9.18. The molecule has 1 aliphatic rings. The van der Waals surface area contributed by atoms with Gasteiger partial charge in [-0.1, -0.05) is 29.8 Å². The summed E-state index contributed by atoms with van der Waals surface area (Å²) >= 11 is 0. The second kappa shape index (κ2) is 4.98. The third-order valence-electron chi connectivity index (χ3n) is 3.35. The second-order valence-corrected chi connectivity index (χ2v) is 5.04. The lowest BCUT2D eigenvalue weighted by molar-refractivity contribution is 0.171. The van der Waals surface area contributed by atoms with Crippen LogP contribution in [-0.2, 0) is 0 Å². The van der Waals surface area contributed by atoms with Crippen LogP contribution in [0.15, 0.2) is 24.3 Å². The van der Waals surface area contributed by atoms with Gasteiger partial charge < -0.3 is 10.4 Å². The molecule has 1 aromatic carbocycles. The first-order chi connectivity index (χ1) is 7.65. The molecule has 0 aromatic heterocycles. The van der Waals surface area contributed by atoms with Crippen molar-refractivity contribution in [2.45, 2.75) is 44.8 Å². The molecular formula is C14H21NO. The van der Waals surface area contributed by atoms with Gasteiger partial charge in [0.2, 0.25) is 0 Å². The van der Waals surface area contributed by atoms with Crippen molar-refractivity contribution >= 4 is 0 Å². The van der Waals surface area contributed by atoms with Gasteiger partial charge in [-0.3, -0.25) is 0 Å². The van der Waals surface area contributed by atoms with Crippen LogP contribution < -0.4 is 5.32 Å². The van der Waals surface area contributed by atoms with Gasteiger partial charge in [0.05, 0.1) is 6.10 Å². The molecule has 16 heavy (non-hydrogen) atoms. The van der Waals surface area contributed by atoms with Gasteiger partial charge in [0.25, 0.3) is 0 Å². The summed E-state index contributed by atoms with van der Waals surface area (Å²) in [4.78, 5) is 0. The zero-order valence-corrected chi connectivity index (χ0v) is 10.1. The molecule has 2 heteroatoms. The number of benzene rings is 1. The minimum absolute atomic E-state index is 0.238. The molecule has 1 atom stereocenters. The van der Waals surface area contributed by atoms with Crippen molar-refractivity contribution in [3.05, 3.63) is 35.4 Å². The summed E-state index contributed by atoms with van der Waals surface area (Å²) in [6, 6.07) is 9.39. The molecule has 1 aliphatic carbocycles. The molecule has 0 saturated heterocycles. The average Bonchev–Trinajstić information content (AvgIpc) is 2.14. The number of hydrogen-bond acceptors (Lipinski definition) is 2. The van der Waals surface area contributed by atoms with Crippen LogP contribution in [0.25, 0.3) is 0 Å².